The van der Waals surface area contributed by atoms with Crippen molar-refractivity contribution in [3.8, 4) is 0 Å². The van der Waals surface area contributed by atoms with Gasteiger partial charge in [-0.2, -0.15) is 0 Å². The highest BCUT2D eigenvalue weighted by molar-refractivity contribution is 6.38. The highest BCUT2D eigenvalue weighted by Crippen LogP contribution is 2.27. The summed E-state index contributed by atoms with van der Waals surface area (Å²) < 4.78 is 6.58. The smallest absolute Gasteiger partial charge is 0.356 e. The van der Waals surface area contributed by atoms with E-state index < -0.39 is 5.97 Å². The van der Waals surface area contributed by atoms with E-state index in [1.807, 2.05) is 24.3 Å². The van der Waals surface area contributed by atoms with Gasteiger partial charge in [-0.1, -0.05) is 41.4 Å². The van der Waals surface area contributed by atoms with Crippen molar-refractivity contribution in [2.75, 3.05) is 0 Å². The molecule has 26 heavy (non-hydrogen) atoms. The third-order valence-corrected chi connectivity index (χ3v) is 4.49. The summed E-state index contributed by atoms with van der Waals surface area (Å²) in [7, 11) is 0. The normalized spacial score (nSPS) is 11.2. The molecule has 3 aromatic heterocycles. The fraction of sp³-hybridized carbons (Fsp3) is 0.0556. The van der Waals surface area contributed by atoms with E-state index in [0.717, 1.165) is 10.9 Å². The third kappa shape index (κ3) is 2.94. The molecule has 0 unspecified atom stereocenters. The fourth-order valence-electron chi connectivity index (χ4n) is 2.66. The van der Waals surface area contributed by atoms with Gasteiger partial charge in [0.2, 0.25) is 0 Å². The van der Waals surface area contributed by atoms with Crippen LogP contribution in [0.1, 0.15) is 16.2 Å². The number of nitrogens with one attached hydrogen (secondary N) is 1. The molecule has 0 aliphatic carbocycles. The molecule has 8 heteroatoms. The Morgan fingerprint density at radius 2 is 2.00 bits per heavy atom. The van der Waals surface area contributed by atoms with Gasteiger partial charge in [0.15, 0.2) is 0 Å². The van der Waals surface area contributed by atoms with Crippen LogP contribution in [0, 0.1) is 0 Å². The summed E-state index contributed by atoms with van der Waals surface area (Å²) >= 11 is 12.1. The summed E-state index contributed by atoms with van der Waals surface area (Å²) in [6.07, 6.45) is 1.48. The Bertz CT molecular complexity index is 1210. The number of carbonyl (C=O) groups excluding carboxylic acids is 1. The molecule has 0 aliphatic rings. The van der Waals surface area contributed by atoms with Crippen molar-refractivity contribution >= 4 is 45.7 Å². The van der Waals surface area contributed by atoms with Crippen LogP contribution < -0.4 is 5.56 Å². The molecule has 1 N–H and O–H groups in total. The van der Waals surface area contributed by atoms with Crippen molar-refractivity contribution in [1.82, 2.24) is 14.4 Å². The minimum Gasteiger partial charge on any atom is -0.454 e. The maximum Gasteiger partial charge on any atom is 0.356 e. The number of nitrogens with zero attached hydrogens (tertiary/aromatic N) is 2. The molecule has 1 aromatic carbocycles. The molecule has 0 amide bonds. The first-order valence-corrected chi connectivity index (χ1v) is 8.40. The third-order valence-electron chi connectivity index (χ3n) is 3.87. The zero-order chi connectivity index (χ0) is 18.3. The number of hydrogen-bond acceptors (Lipinski definition) is 4. The van der Waals surface area contributed by atoms with Gasteiger partial charge in [-0.05, 0) is 18.2 Å². The van der Waals surface area contributed by atoms with E-state index in [4.69, 9.17) is 27.9 Å². The largest absolute Gasteiger partial charge is 0.454 e. The monoisotopic (exact) mass is 387 g/mol. The minimum absolute atomic E-state index is 0.154. The Morgan fingerprint density at radius 3 is 2.81 bits per heavy atom. The predicted molar refractivity (Wildman–Crippen MR) is 98.9 cm³/mol. The lowest BCUT2D eigenvalue weighted by Crippen LogP contribution is -2.16. The second-order valence-electron chi connectivity index (χ2n) is 5.60. The van der Waals surface area contributed by atoms with Crippen LogP contribution in [0.15, 0.2) is 53.5 Å². The summed E-state index contributed by atoms with van der Waals surface area (Å²) in [4.78, 5) is 31.7. The fourth-order valence-corrected chi connectivity index (χ4v) is 3.11. The number of aromatic nitrogens is 3. The lowest BCUT2D eigenvalue weighted by Gasteiger charge is -2.06. The lowest BCUT2D eigenvalue weighted by atomic mass is 10.2. The van der Waals surface area contributed by atoms with Crippen LogP contribution in [-0.2, 0) is 11.3 Å². The molecule has 0 spiro atoms. The highest BCUT2D eigenvalue weighted by Gasteiger charge is 2.18. The average molecular weight is 388 g/mol. The van der Waals surface area contributed by atoms with Gasteiger partial charge >= 0.3 is 5.97 Å². The number of fused-ring (bicyclic) bond motifs is 2. The summed E-state index contributed by atoms with van der Waals surface area (Å²) in [6.45, 7) is -0.154. The van der Waals surface area contributed by atoms with Crippen LogP contribution in [0.2, 0.25) is 10.0 Å². The summed E-state index contributed by atoms with van der Waals surface area (Å²) in [5.74, 6) is -0.621. The van der Waals surface area contributed by atoms with E-state index in [0.29, 0.717) is 21.4 Å². The SMILES string of the molecule is O=C(OCc1cc(=O)n2cc(Cl)ccc2n1)c1[nH]c2ccccc2c1Cl. The van der Waals surface area contributed by atoms with Crippen molar-refractivity contribution < 1.29 is 9.53 Å². The topological polar surface area (TPSA) is 76.5 Å². The number of pyridine rings is 1. The van der Waals surface area contributed by atoms with Crippen LogP contribution >= 0.6 is 23.2 Å². The predicted octanol–water partition coefficient (Wildman–Crippen LogP) is 3.84. The summed E-state index contributed by atoms with van der Waals surface area (Å²) in [5.41, 5.74) is 1.34. The van der Waals surface area contributed by atoms with Gasteiger partial charge in [0.25, 0.3) is 5.56 Å². The molecule has 0 aliphatic heterocycles. The zero-order valence-corrected chi connectivity index (χ0v) is 14.7. The first kappa shape index (κ1) is 16.6. The van der Waals surface area contributed by atoms with Crippen LogP contribution in [0.4, 0.5) is 0 Å². The van der Waals surface area contributed by atoms with E-state index >= 15 is 0 Å². The van der Waals surface area contributed by atoms with Gasteiger partial charge in [0.1, 0.15) is 17.9 Å². The molecule has 0 saturated heterocycles. The molecular formula is C18H11Cl2N3O3. The van der Waals surface area contributed by atoms with Crippen molar-refractivity contribution in [3.05, 3.63) is 80.4 Å². The van der Waals surface area contributed by atoms with Crippen LogP contribution in [0.3, 0.4) is 0 Å². The molecule has 6 nitrogen and oxygen atoms in total. The van der Waals surface area contributed by atoms with Crippen molar-refractivity contribution in [1.29, 1.82) is 0 Å². The number of hydrogen-bond donors (Lipinski definition) is 1. The van der Waals surface area contributed by atoms with Gasteiger partial charge in [-0.15, -0.1) is 0 Å². The number of halogens is 2. The molecule has 3 heterocycles. The van der Waals surface area contributed by atoms with Gasteiger partial charge in [-0.25, -0.2) is 9.78 Å². The number of benzene rings is 1. The zero-order valence-electron chi connectivity index (χ0n) is 13.2. The number of para-hydroxylation sites is 1. The first-order chi connectivity index (χ1) is 12.5. The summed E-state index contributed by atoms with van der Waals surface area (Å²) in [6, 6.07) is 11.8. The molecule has 0 fully saturated rings. The molecule has 130 valence electrons. The van der Waals surface area contributed by atoms with E-state index in [1.165, 1.54) is 16.7 Å². The van der Waals surface area contributed by atoms with E-state index in [1.54, 1.807) is 12.1 Å². The van der Waals surface area contributed by atoms with Crippen molar-refractivity contribution in [2.45, 2.75) is 6.61 Å². The molecule has 0 bridgehead atoms. The highest BCUT2D eigenvalue weighted by atomic mass is 35.5. The second kappa shape index (κ2) is 6.48. The van der Waals surface area contributed by atoms with Crippen LogP contribution in [0.25, 0.3) is 16.6 Å². The Morgan fingerprint density at radius 1 is 1.19 bits per heavy atom. The van der Waals surface area contributed by atoms with Crippen molar-refractivity contribution in [2.24, 2.45) is 0 Å². The average Bonchev–Trinajstić information content (AvgIpc) is 2.97. The quantitative estimate of drug-likeness (QED) is 0.541. The molecule has 4 aromatic rings. The first-order valence-electron chi connectivity index (χ1n) is 7.64. The molecule has 0 radical (unpaired) electrons. The maximum absolute atomic E-state index is 12.3. The Kier molecular flexibility index (Phi) is 4.14. The van der Waals surface area contributed by atoms with Gasteiger partial charge in [-0.3, -0.25) is 9.20 Å². The van der Waals surface area contributed by atoms with Gasteiger partial charge < -0.3 is 9.72 Å². The number of ether oxygens (including phenoxy) is 1. The second-order valence-corrected chi connectivity index (χ2v) is 6.41. The minimum atomic E-state index is -0.621. The Labute approximate surface area is 157 Å². The molecule has 0 saturated carbocycles. The number of carbonyl (C=O) groups is 1. The van der Waals surface area contributed by atoms with Crippen molar-refractivity contribution in [3.63, 3.8) is 0 Å². The van der Waals surface area contributed by atoms with Gasteiger partial charge in [0, 0.05) is 23.2 Å². The standard InChI is InChI=1S/C18H11Cl2N3O3/c19-10-5-6-14-21-11(7-15(24)23(14)8-10)9-26-18(25)17-16(20)12-3-1-2-4-13(12)22-17/h1-8,22H,9H2. The molecular weight excluding hydrogens is 377 g/mol. The Hall–Kier alpha value is -2.83. The Balaban J connectivity index is 1.59. The summed E-state index contributed by atoms with van der Waals surface area (Å²) in [5, 5.41) is 1.46. The number of aromatic amines is 1. The van der Waals surface area contributed by atoms with Gasteiger partial charge in [0.05, 0.1) is 15.7 Å². The van der Waals surface area contributed by atoms with Crippen LogP contribution in [0.5, 0.6) is 0 Å². The number of H-pyrrole nitrogens is 1. The van der Waals surface area contributed by atoms with Crippen LogP contribution in [-0.4, -0.2) is 20.3 Å². The molecule has 4 rings (SSSR count). The van der Waals surface area contributed by atoms with E-state index in [-0.39, 0.29) is 17.9 Å². The van der Waals surface area contributed by atoms with E-state index in [9.17, 15) is 9.59 Å². The number of esters is 1. The van der Waals surface area contributed by atoms with E-state index in [2.05, 4.69) is 9.97 Å². The maximum atomic E-state index is 12.3. The number of rotatable bonds is 3. The molecule has 0 atom stereocenters. The lowest BCUT2D eigenvalue weighted by molar-refractivity contribution is 0.0462.